The maximum Gasteiger partial charge on any atom is 0.483 e. The Labute approximate surface area is 264 Å². The summed E-state index contributed by atoms with van der Waals surface area (Å²) in [5.41, 5.74) is 0. The Morgan fingerprint density at radius 2 is 1.22 bits per heavy atom. The van der Waals surface area contributed by atoms with Crippen molar-refractivity contribution in [2.24, 2.45) is 0 Å². The summed E-state index contributed by atoms with van der Waals surface area (Å²) in [6.45, 7) is -0.905. The van der Waals surface area contributed by atoms with E-state index in [0.29, 0.717) is 0 Å². The van der Waals surface area contributed by atoms with Gasteiger partial charge in [-0.2, -0.15) is 4.31 Å². The van der Waals surface area contributed by atoms with Gasteiger partial charge in [-0.15, -0.1) is 0 Å². The summed E-state index contributed by atoms with van der Waals surface area (Å²) >= 11 is 0. The topological polar surface area (TPSA) is 230 Å². The number of hydrogen-bond donors (Lipinski definition) is 7. The second-order valence-corrected chi connectivity index (χ2v) is 7.98. The molecule has 0 spiro atoms. The molecule has 0 aromatic carbocycles. The Bertz CT molecular complexity index is 539. The molecule has 0 bridgehead atoms. The van der Waals surface area contributed by atoms with Crippen LogP contribution in [0.1, 0.15) is 0 Å². The first-order valence-corrected chi connectivity index (χ1v) is 9.75. The van der Waals surface area contributed by atoms with E-state index in [1.165, 1.54) is 0 Å². The van der Waals surface area contributed by atoms with E-state index in [1.807, 2.05) is 0 Å². The van der Waals surface area contributed by atoms with Crippen molar-refractivity contribution < 1.29 is 66.5 Å². The summed E-state index contributed by atoms with van der Waals surface area (Å²) in [7, 11) is -15.7. The molecule has 7 N–H and O–H groups in total. The van der Waals surface area contributed by atoms with Crippen LogP contribution in [-0.4, -0.2) is 214 Å². The van der Waals surface area contributed by atoms with Crippen molar-refractivity contribution in [3.63, 3.8) is 0 Å². The molecule has 1 unspecified atom stereocenters. The number of rotatable bonds is 7. The quantitative estimate of drug-likeness (QED) is 0.129. The number of aliphatic hydroxyl groups excluding tert-OH is 2. The molecule has 137 valence electrons. The summed E-state index contributed by atoms with van der Waals surface area (Å²) in [5.74, 6) is 0. The first kappa shape index (κ1) is 42.4. The Balaban J connectivity index is -0.000000323. The molecule has 22 heteroatoms. The average Bonchev–Trinajstić information content (AvgIpc) is 2.49. The van der Waals surface area contributed by atoms with Crippen molar-refractivity contribution in [3.05, 3.63) is 0 Å². The minimum Gasteiger partial charge on any atom is -0.387 e. The zero-order valence-corrected chi connectivity index (χ0v) is 28.0. The number of ether oxygens (including phenoxy) is 1. The molecule has 1 aliphatic heterocycles. The molecule has 0 saturated carbocycles. The van der Waals surface area contributed by atoms with E-state index in [2.05, 4.69) is 18.1 Å². The summed E-state index contributed by atoms with van der Waals surface area (Å²) in [5, 5.41) is 19.0. The fourth-order valence-electron chi connectivity index (χ4n) is 1.39. The van der Waals surface area contributed by atoms with Gasteiger partial charge in [0, 0.05) is 148 Å². The van der Waals surface area contributed by atoms with Crippen LogP contribution in [0.5, 0.6) is 0 Å². The van der Waals surface area contributed by atoms with Crippen molar-refractivity contribution in [1.82, 2.24) is 0 Å². The third-order valence-electron chi connectivity index (χ3n) is 2.17. The van der Waals surface area contributed by atoms with E-state index in [1.54, 1.807) is 0 Å². The third-order valence-corrected chi connectivity index (χ3v) is 4.81. The van der Waals surface area contributed by atoms with Gasteiger partial charge in [0.15, 0.2) is 6.29 Å². The van der Waals surface area contributed by atoms with Crippen molar-refractivity contribution in [1.29, 1.82) is 0 Å². The van der Waals surface area contributed by atoms with Crippen LogP contribution < -0.4 is 0 Å². The Morgan fingerprint density at radius 1 is 0.778 bits per heavy atom. The molecular formula is C5H13Na5O14P3. The molecular weight excluding hydrogens is 492 g/mol. The van der Waals surface area contributed by atoms with E-state index < -0.39 is 54.7 Å². The maximum atomic E-state index is 11.3. The van der Waals surface area contributed by atoms with Crippen LogP contribution in [0.15, 0.2) is 0 Å². The Kier molecular flexibility index (Phi) is 27.7. The second-order valence-electron chi connectivity index (χ2n) is 3.96. The molecule has 1 heterocycles. The predicted molar refractivity (Wildman–Crippen MR) is 91.5 cm³/mol. The van der Waals surface area contributed by atoms with E-state index in [-0.39, 0.29) is 148 Å². The zero-order valence-electron chi connectivity index (χ0n) is 15.3. The molecule has 0 aromatic rings. The minimum atomic E-state index is -5.39. The maximum absolute atomic E-state index is 11.3. The number of aliphatic hydroxyl groups is 2. The smallest absolute Gasteiger partial charge is 0.387 e. The van der Waals surface area contributed by atoms with Crippen LogP contribution in [-0.2, 0) is 31.8 Å². The largest absolute Gasteiger partial charge is 0.483 e. The van der Waals surface area contributed by atoms with Gasteiger partial charge in [0.25, 0.3) is 0 Å². The summed E-state index contributed by atoms with van der Waals surface area (Å²) < 4.78 is 48.5. The van der Waals surface area contributed by atoms with Crippen molar-refractivity contribution in [2.75, 3.05) is 6.61 Å². The van der Waals surface area contributed by atoms with Crippen LogP contribution in [0.2, 0.25) is 0 Å². The molecule has 5 atom stereocenters. The van der Waals surface area contributed by atoms with Crippen molar-refractivity contribution in [2.45, 2.75) is 24.6 Å². The Hall–Kier alpha value is 5.25. The molecule has 1 aliphatic rings. The average molecular weight is 505 g/mol. The van der Waals surface area contributed by atoms with E-state index in [9.17, 15) is 23.9 Å². The molecule has 0 amide bonds. The first-order valence-electron chi connectivity index (χ1n) is 5.20. The second kappa shape index (κ2) is 17.7. The summed E-state index contributed by atoms with van der Waals surface area (Å²) in [6, 6.07) is 0. The van der Waals surface area contributed by atoms with Gasteiger partial charge in [-0.3, -0.25) is 9.05 Å². The molecule has 14 nitrogen and oxygen atoms in total. The standard InChI is InChI=1S/C5H13O14P3.5Na/c6-3-2(1-16-20(8,9)10)17-5(4(3)7)18-22(14,15)19-21(11,12)13;;;;;/h2-7H,1H2,(H,14,15)(H2,8,9,10)(H2,11,12,13);;;;;/t2-,3-,4-,5-;;;;;/m1...../s1. The number of phosphoric ester groups is 2. The molecule has 0 aliphatic carbocycles. The predicted octanol–water partition coefficient (Wildman–Crippen LogP) is -4.14. The molecule has 0 aromatic heterocycles. The minimum absolute atomic E-state index is 0. The Morgan fingerprint density at radius 3 is 1.59 bits per heavy atom. The number of phosphoric acid groups is 3. The van der Waals surface area contributed by atoms with Crippen LogP contribution in [0.3, 0.4) is 0 Å². The van der Waals surface area contributed by atoms with Gasteiger partial charge in [-0.05, 0) is 0 Å². The first-order chi connectivity index (χ1) is 9.70. The fraction of sp³-hybridized carbons (Fsp3) is 1.00. The fourth-order valence-corrected chi connectivity index (χ4v) is 3.40. The van der Waals surface area contributed by atoms with Crippen molar-refractivity contribution >= 4 is 171 Å². The van der Waals surface area contributed by atoms with Gasteiger partial charge < -0.3 is 39.4 Å². The molecule has 1 rings (SSSR count). The number of hydrogen-bond acceptors (Lipinski definition) is 9. The monoisotopic (exact) mass is 505 g/mol. The van der Waals surface area contributed by atoms with Crippen LogP contribution >= 0.6 is 23.5 Å². The third kappa shape index (κ3) is 18.3. The van der Waals surface area contributed by atoms with Gasteiger partial charge >= 0.3 is 23.5 Å². The van der Waals surface area contributed by atoms with Gasteiger partial charge in [-0.25, -0.2) is 13.7 Å². The van der Waals surface area contributed by atoms with Gasteiger partial charge in [0.05, 0.1) is 6.61 Å². The van der Waals surface area contributed by atoms with Gasteiger partial charge in [-0.1, -0.05) is 0 Å². The van der Waals surface area contributed by atoms with Crippen LogP contribution in [0.4, 0.5) is 0 Å². The van der Waals surface area contributed by atoms with E-state index in [0.717, 1.165) is 0 Å². The van der Waals surface area contributed by atoms with E-state index in [4.69, 9.17) is 24.5 Å². The van der Waals surface area contributed by atoms with Gasteiger partial charge in [0.2, 0.25) is 0 Å². The van der Waals surface area contributed by atoms with E-state index >= 15 is 0 Å². The van der Waals surface area contributed by atoms with Gasteiger partial charge in [0.1, 0.15) is 18.3 Å². The molecule has 1 fully saturated rings. The summed E-state index contributed by atoms with van der Waals surface area (Å²) in [6.07, 6.45) is -7.43. The summed E-state index contributed by atoms with van der Waals surface area (Å²) in [4.78, 5) is 42.8. The normalized spacial score (nSPS) is 26.8. The van der Waals surface area contributed by atoms with Crippen LogP contribution in [0.25, 0.3) is 0 Å². The van der Waals surface area contributed by atoms with Crippen LogP contribution in [0, 0.1) is 0 Å². The molecule has 27 heavy (non-hydrogen) atoms. The molecule has 5 radical (unpaired) electrons. The molecule has 1 saturated heterocycles. The zero-order chi connectivity index (χ0) is 17.3. The SMILES string of the molecule is O=P(O)(O)OC[C@H]1O[C@H](OP(=O)(O)OP(=O)(O)O)[C@H](O)[C@@H]1O.[Na].[Na].[Na].[Na].[Na]. The van der Waals surface area contributed by atoms with Crippen molar-refractivity contribution in [3.8, 4) is 0 Å².